The molecule has 0 saturated carbocycles. The van der Waals surface area contributed by atoms with Gasteiger partial charge in [0.25, 0.3) is 0 Å². The molecule has 1 aromatic heterocycles. The number of fused-ring (bicyclic) bond motifs is 1. The van der Waals surface area contributed by atoms with E-state index < -0.39 is 0 Å². The van der Waals surface area contributed by atoms with E-state index in [2.05, 4.69) is 40.8 Å². The summed E-state index contributed by atoms with van der Waals surface area (Å²) in [5.41, 5.74) is 3.68. The fourth-order valence-electron chi connectivity index (χ4n) is 3.46. The van der Waals surface area contributed by atoms with Gasteiger partial charge >= 0.3 is 5.97 Å². The molecule has 2 heterocycles. The van der Waals surface area contributed by atoms with Crippen molar-refractivity contribution in [2.45, 2.75) is 32.4 Å². The number of benzene rings is 2. The van der Waals surface area contributed by atoms with Crippen molar-refractivity contribution < 1.29 is 14.3 Å². The molecule has 1 atom stereocenters. The van der Waals surface area contributed by atoms with Gasteiger partial charge < -0.3 is 9.47 Å². The summed E-state index contributed by atoms with van der Waals surface area (Å²) in [7, 11) is 0. The SMILES string of the molecule is CCOC(=O)c1cccc(-c2ccc3c(c2)c(I)nn3C2CCCCO2)c1. The number of hydrogen-bond acceptors (Lipinski definition) is 4. The first-order chi connectivity index (χ1) is 13.2. The number of halogens is 1. The molecule has 0 bridgehead atoms. The van der Waals surface area contributed by atoms with Crippen molar-refractivity contribution in [1.82, 2.24) is 9.78 Å². The monoisotopic (exact) mass is 476 g/mol. The van der Waals surface area contributed by atoms with Gasteiger partial charge in [0, 0.05) is 12.0 Å². The molecule has 1 aliphatic rings. The first kappa shape index (κ1) is 18.4. The maximum Gasteiger partial charge on any atom is 0.338 e. The summed E-state index contributed by atoms with van der Waals surface area (Å²) in [5.74, 6) is -0.294. The second kappa shape index (κ2) is 7.98. The van der Waals surface area contributed by atoms with E-state index in [1.54, 1.807) is 6.07 Å². The highest BCUT2D eigenvalue weighted by molar-refractivity contribution is 14.1. The van der Waals surface area contributed by atoms with Crippen LogP contribution in [-0.2, 0) is 9.47 Å². The van der Waals surface area contributed by atoms with Crippen LogP contribution in [0.25, 0.3) is 22.0 Å². The van der Waals surface area contributed by atoms with Crippen LogP contribution in [0.15, 0.2) is 42.5 Å². The molecule has 1 fully saturated rings. The number of rotatable bonds is 4. The van der Waals surface area contributed by atoms with Crippen molar-refractivity contribution >= 4 is 39.5 Å². The number of aromatic nitrogens is 2. The summed E-state index contributed by atoms with van der Waals surface area (Å²) in [6.45, 7) is 2.97. The van der Waals surface area contributed by atoms with Gasteiger partial charge in [-0.05, 0) is 84.2 Å². The average Bonchev–Trinajstić information content (AvgIpc) is 3.05. The predicted octanol–water partition coefficient (Wildman–Crippen LogP) is 5.18. The third-order valence-electron chi connectivity index (χ3n) is 4.80. The molecule has 1 unspecified atom stereocenters. The van der Waals surface area contributed by atoms with Crippen LogP contribution in [0.3, 0.4) is 0 Å². The van der Waals surface area contributed by atoms with Crippen LogP contribution in [0.1, 0.15) is 42.8 Å². The summed E-state index contributed by atoms with van der Waals surface area (Å²) in [6, 6.07) is 13.8. The Balaban J connectivity index is 1.71. The van der Waals surface area contributed by atoms with Gasteiger partial charge in [0.2, 0.25) is 0 Å². The summed E-state index contributed by atoms with van der Waals surface area (Å²) in [4.78, 5) is 12.0. The molecule has 0 N–H and O–H groups in total. The zero-order valence-corrected chi connectivity index (χ0v) is 17.3. The molecule has 1 aliphatic heterocycles. The quantitative estimate of drug-likeness (QED) is 0.385. The molecule has 5 nitrogen and oxygen atoms in total. The molecular weight excluding hydrogens is 455 g/mol. The summed E-state index contributed by atoms with van der Waals surface area (Å²) < 4.78 is 14.0. The van der Waals surface area contributed by atoms with Crippen LogP contribution in [0.5, 0.6) is 0 Å². The van der Waals surface area contributed by atoms with E-state index in [9.17, 15) is 4.79 Å². The van der Waals surface area contributed by atoms with Crippen molar-refractivity contribution in [2.24, 2.45) is 0 Å². The number of esters is 1. The minimum absolute atomic E-state index is 0.0164. The summed E-state index contributed by atoms with van der Waals surface area (Å²) in [6.07, 6.45) is 3.30. The number of carbonyl (C=O) groups excluding carboxylic acids is 1. The van der Waals surface area contributed by atoms with E-state index in [0.29, 0.717) is 12.2 Å². The minimum Gasteiger partial charge on any atom is -0.462 e. The Hall–Kier alpha value is -1.93. The predicted molar refractivity (Wildman–Crippen MR) is 113 cm³/mol. The van der Waals surface area contributed by atoms with Gasteiger partial charge in [0.1, 0.15) is 3.70 Å². The summed E-state index contributed by atoms with van der Waals surface area (Å²) >= 11 is 2.28. The second-order valence-corrected chi connectivity index (χ2v) is 7.61. The van der Waals surface area contributed by atoms with Gasteiger partial charge in [0.15, 0.2) is 6.23 Å². The lowest BCUT2D eigenvalue weighted by Gasteiger charge is -2.23. The zero-order chi connectivity index (χ0) is 18.8. The molecular formula is C21H21IN2O3. The van der Waals surface area contributed by atoms with Gasteiger partial charge in [-0.3, -0.25) is 0 Å². The Morgan fingerprint density at radius 3 is 2.89 bits per heavy atom. The van der Waals surface area contributed by atoms with E-state index in [1.807, 2.05) is 29.8 Å². The van der Waals surface area contributed by atoms with Crippen LogP contribution >= 0.6 is 22.6 Å². The number of hydrogen-bond donors (Lipinski definition) is 0. The number of nitrogens with zero attached hydrogens (tertiary/aromatic N) is 2. The molecule has 27 heavy (non-hydrogen) atoms. The van der Waals surface area contributed by atoms with Crippen LogP contribution in [0.4, 0.5) is 0 Å². The first-order valence-corrected chi connectivity index (χ1v) is 10.3. The fourth-order valence-corrected chi connectivity index (χ4v) is 4.12. The zero-order valence-electron chi connectivity index (χ0n) is 15.2. The lowest BCUT2D eigenvalue weighted by atomic mass is 10.0. The Morgan fingerprint density at radius 2 is 2.11 bits per heavy atom. The molecule has 0 radical (unpaired) electrons. The van der Waals surface area contributed by atoms with Crippen LogP contribution in [-0.4, -0.2) is 29.0 Å². The molecule has 0 aliphatic carbocycles. The van der Waals surface area contributed by atoms with E-state index in [-0.39, 0.29) is 12.2 Å². The highest BCUT2D eigenvalue weighted by Crippen LogP contribution is 2.32. The van der Waals surface area contributed by atoms with Crippen LogP contribution in [0, 0.1) is 3.70 Å². The number of ether oxygens (including phenoxy) is 2. The van der Waals surface area contributed by atoms with Gasteiger partial charge in [-0.2, -0.15) is 5.10 Å². The Labute approximate surface area is 171 Å². The fraction of sp³-hybridized carbons (Fsp3) is 0.333. The molecule has 2 aromatic carbocycles. The third-order valence-corrected chi connectivity index (χ3v) is 5.59. The van der Waals surface area contributed by atoms with E-state index >= 15 is 0 Å². The standard InChI is InChI=1S/C21H21IN2O3/c1-2-26-21(25)16-7-5-6-14(12-16)15-9-10-18-17(13-15)20(22)23-24(18)19-8-3-4-11-27-19/h5-7,9-10,12-13,19H,2-4,8,11H2,1H3. The second-order valence-electron chi connectivity index (χ2n) is 6.59. The highest BCUT2D eigenvalue weighted by atomic mass is 127. The molecule has 0 spiro atoms. The van der Waals surface area contributed by atoms with E-state index in [4.69, 9.17) is 14.6 Å². The Kier molecular flexibility index (Phi) is 5.45. The van der Waals surface area contributed by atoms with Gasteiger partial charge in [-0.25, -0.2) is 9.48 Å². The van der Waals surface area contributed by atoms with Gasteiger partial charge in [-0.1, -0.05) is 18.2 Å². The topological polar surface area (TPSA) is 53.3 Å². The molecule has 3 aromatic rings. The van der Waals surface area contributed by atoms with Crippen molar-refractivity contribution in [3.05, 3.63) is 51.7 Å². The largest absolute Gasteiger partial charge is 0.462 e. The average molecular weight is 476 g/mol. The van der Waals surface area contributed by atoms with Crippen molar-refractivity contribution in [1.29, 1.82) is 0 Å². The minimum atomic E-state index is -0.294. The molecule has 6 heteroatoms. The lowest BCUT2D eigenvalue weighted by Crippen LogP contribution is -2.19. The lowest BCUT2D eigenvalue weighted by molar-refractivity contribution is -0.0368. The summed E-state index contributed by atoms with van der Waals surface area (Å²) in [5, 5.41) is 5.82. The van der Waals surface area contributed by atoms with E-state index in [0.717, 1.165) is 45.2 Å². The van der Waals surface area contributed by atoms with Crippen LogP contribution in [0.2, 0.25) is 0 Å². The highest BCUT2D eigenvalue weighted by Gasteiger charge is 2.20. The normalized spacial score (nSPS) is 17.2. The smallest absolute Gasteiger partial charge is 0.338 e. The van der Waals surface area contributed by atoms with Crippen molar-refractivity contribution in [3.63, 3.8) is 0 Å². The first-order valence-electron chi connectivity index (χ1n) is 9.24. The van der Waals surface area contributed by atoms with Crippen molar-refractivity contribution in [3.8, 4) is 11.1 Å². The molecule has 1 saturated heterocycles. The van der Waals surface area contributed by atoms with Crippen molar-refractivity contribution in [2.75, 3.05) is 13.2 Å². The van der Waals surface area contributed by atoms with Gasteiger partial charge in [0.05, 0.1) is 17.7 Å². The van der Waals surface area contributed by atoms with Crippen LogP contribution < -0.4 is 0 Å². The molecule has 4 rings (SSSR count). The Morgan fingerprint density at radius 1 is 1.26 bits per heavy atom. The van der Waals surface area contributed by atoms with Gasteiger partial charge in [-0.15, -0.1) is 0 Å². The Bertz CT molecular complexity index is 977. The maximum atomic E-state index is 12.0. The molecule has 140 valence electrons. The molecule has 0 amide bonds. The maximum absolute atomic E-state index is 12.0. The van der Waals surface area contributed by atoms with E-state index in [1.165, 1.54) is 6.42 Å². The third kappa shape index (κ3) is 3.73. The number of carbonyl (C=O) groups is 1.